The van der Waals surface area contributed by atoms with Gasteiger partial charge in [0.2, 0.25) is 12.5 Å². The van der Waals surface area contributed by atoms with E-state index in [0.717, 1.165) is 88.3 Å². The Bertz CT molecular complexity index is 2050. The van der Waals surface area contributed by atoms with Crippen molar-refractivity contribution in [2.75, 3.05) is 27.6 Å². The van der Waals surface area contributed by atoms with Crippen LogP contribution in [0.1, 0.15) is 28.7 Å². The quantitative estimate of drug-likeness (QED) is 0.0847. The van der Waals surface area contributed by atoms with Gasteiger partial charge in [-0.3, -0.25) is 0 Å². The molecule has 244 valence electrons. The average molecular weight is 643 g/mol. The van der Waals surface area contributed by atoms with Crippen LogP contribution in [0.2, 0.25) is 0 Å². The molecule has 7 nitrogen and oxygen atoms in total. The lowest BCUT2D eigenvalue weighted by atomic mass is 9.89. The molecule has 2 aliphatic rings. The molecule has 0 atom stereocenters. The molecule has 0 aliphatic carbocycles. The first-order valence-electron chi connectivity index (χ1n) is 16.4. The summed E-state index contributed by atoms with van der Waals surface area (Å²) in [4.78, 5) is 0. The van der Waals surface area contributed by atoms with Crippen molar-refractivity contribution >= 4 is 10.8 Å². The number of phenolic OH excluding ortho intramolecular Hbond substituents is 1. The van der Waals surface area contributed by atoms with E-state index in [0.29, 0.717) is 18.8 Å². The largest absolute Gasteiger partial charge is 0.507 e. The number of benzene rings is 4. The van der Waals surface area contributed by atoms with Crippen LogP contribution in [0.15, 0.2) is 92.2 Å². The van der Waals surface area contributed by atoms with Gasteiger partial charge < -0.3 is 28.8 Å². The summed E-state index contributed by atoms with van der Waals surface area (Å²) in [7, 11) is 3.36. The molecular weight excluding hydrogens is 602 g/mol. The summed E-state index contributed by atoms with van der Waals surface area (Å²) in [6.45, 7) is 9.43. The lowest BCUT2D eigenvalue weighted by Gasteiger charge is -2.21. The molecule has 0 spiro atoms. The first-order chi connectivity index (χ1) is 23.5. The molecular formula is C41H40NO6+. The third kappa shape index (κ3) is 5.70. The number of hydrogen-bond acceptors (Lipinski definition) is 6. The highest BCUT2D eigenvalue weighted by Gasteiger charge is 2.32. The molecule has 5 aromatic rings. The van der Waals surface area contributed by atoms with Crippen LogP contribution in [0.5, 0.6) is 34.5 Å². The van der Waals surface area contributed by atoms with Gasteiger partial charge >= 0.3 is 0 Å². The Kier molecular flexibility index (Phi) is 8.68. The van der Waals surface area contributed by atoms with E-state index in [1.807, 2.05) is 42.5 Å². The summed E-state index contributed by atoms with van der Waals surface area (Å²) in [5.74, 6) is 4.09. The lowest BCUT2D eigenvalue weighted by molar-refractivity contribution is -0.686. The Hall–Kier alpha value is -5.43. The number of methoxy groups -OCH3 is 2. The van der Waals surface area contributed by atoms with Gasteiger partial charge in [-0.2, -0.15) is 4.57 Å². The van der Waals surface area contributed by atoms with Crippen LogP contribution >= 0.6 is 0 Å². The maximum atomic E-state index is 10.7. The average Bonchev–Trinajstić information content (AvgIpc) is 3.57. The zero-order valence-corrected chi connectivity index (χ0v) is 27.5. The Labute approximate surface area is 281 Å². The molecule has 7 heteroatoms. The van der Waals surface area contributed by atoms with E-state index in [9.17, 15) is 5.11 Å². The van der Waals surface area contributed by atoms with Crippen molar-refractivity contribution in [1.82, 2.24) is 0 Å². The number of fused-ring (bicyclic) bond motifs is 5. The van der Waals surface area contributed by atoms with Crippen LogP contribution < -0.4 is 28.3 Å². The van der Waals surface area contributed by atoms with Gasteiger partial charge in [0.1, 0.15) is 11.5 Å². The fraction of sp³-hybridized carbons (Fsp3) is 0.244. The number of rotatable bonds is 12. The molecule has 0 radical (unpaired) electrons. The maximum Gasteiger partial charge on any atom is 0.231 e. The monoisotopic (exact) mass is 642 g/mol. The van der Waals surface area contributed by atoms with Gasteiger partial charge in [0.05, 0.1) is 31.8 Å². The third-order valence-electron chi connectivity index (χ3n) is 9.25. The summed E-state index contributed by atoms with van der Waals surface area (Å²) in [5.41, 5.74) is 8.69. The van der Waals surface area contributed by atoms with Crippen molar-refractivity contribution in [3.8, 4) is 56.9 Å². The molecule has 0 saturated carbocycles. The molecule has 2 aliphatic heterocycles. The van der Waals surface area contributed by atoms with E-state index in [4.69, 9.17) is 23.7 Å². The minimum absolute atomic E-state index is 0.245. The number of aromatic nitrogens is 1. The van der Waals surface area contributed by atoms with Gasteiger partial charge in [0.25, 0.3) is 0 Å². The number of pyridine rings is 1. The molecule has 0 saturated heterocycles. The predicted molar refractivity (Wildman–Crippen MR) is 188 cm³/mol. The molecule has 3 heterocycles. The van der Waals surface area contributed by atoms with Crippen LogP contribution in [0, 0.1) is 0 Å². The molecule has 0 bridgehead atoms. The smallest absolute Gasteiger partial charge is 0.231 e. The third-order valence-corrected chi connectivity index (χ3v) is 9.25. The van der Waals surface area contributed by atoms with Crippen LogP contribution in [0.25, 0.3) is 33.2 Å². The number of phenols is 1. The molecule has 48 heavy (non-hydrogen) atoms. The summed E-state index contributed by atoms with van der Waals surface area (Å²) in [6.07, 6.45) is 9.79. The molecule has 0 fully saturated rings. The van der Waals surface area contributed by atoms with Crippen molar-refractivity contribution in [1.29, 1.82) is 0 Å². The fourth-order valence-electron chi connectivity index (χ4n) is 7.00. The minimum Gasteiger partial charge on any atom is -0.507 e. The summed E-state index contributed by atoms with van der Waals surface area (Å²) >= 11 is 0. The first-order valence-corrected chi connectivity index (χ1v) is 16.4. The van der Waals surface area contributed by atoms with Crippen molar-refractivity contribution in [2.24, 2.45) is 0 Å². The minimum atomic E-state index is 0.245. The van der Waals surface area contributed by atoms with Gasteiger partial charge in [0, 0.05) is 22.9 Å². The van der Waals surface area contributed by atoms with Crippen LogP contribution in [0.3, 0.4) is 0 Å². The standard InChI is InChI=1S/C41H39NO6/c1-5-8-26-11-14-35(43)32(20-26)27-12-15-36(29(21-27)9-6-2)46-19-7-10-31-30-13-16-37(44-3)41(45-4)34(30)24-42-18-17-28-22-38-39(48-25-47-38)23-33(28)40(31)42/h5-6,11-16,20-24H,1-2,7-10,17-19,25H2,3-4H3/p+1. The highest BCUT2D eigenvalue weighted by Crippen LogP contribution is 2.44. The van der Waals surface area contributed by atoms with Crippen molar-refractivity contribution < 1.29 is 33.4 Å². The van der Waals surface area contributed by atoms with E-state index in [2.05, 4.69) is 48.2 Å². The fourth-order valence-corrected chi connectivity index (χ4v) is 7.00. The summed E-state index contributed by atoms with van der Waals surface area (Å²) < 4.78 is 31.8. The van der Waals surface area contributed by atoms with Crippen LogP contribution in [-0.2, 0) is 32.2 Å². The number of ether oxygens (including phenoxy) is 5. The van der Waals surface area contributed by atoms with Gasteiger partial charge in [0.15, 0.2) is 35.7 Å². The Morgan fingerprint density at radius 1 is 0.854 bits per heavy atom. The number of hydrogen-bond donors (Lipinski definition) is 1. The van der Waals surface area contributed by atoms with Crippen molar-refractivity contribution in [3.05, 3.63) is 114 Å². The Morgan fingerprint density at radius 2 is 1.67 bits per heavy atom. The SMILES string of the molecule is C=CCc1ccc(O)c(-c2ccc(OCCCc3c4[n+](cc5c(OC)c(OC)ccc35)CCc3cc5c(cc3-4)OCO5)c(CC=C)c2)c1. The number of allylic oxidation sites excluding steroid dienone is 2. The highest BCUT2D eigenvalue weighted by molar-refractivity contribution is 5.95. The maximum absolute atomic E-state index is 10.7. The molecule has 1 N–H and O–H groups in total. The van der Waals surface area contributed by atoms with Gasteiger partial charge in [-0.1, -0.05) is 24.3 Å². The van der Waals surface area contributed by atoms with Crippen molar-refractivity contribution in [2.45, 2.75) is 38.6 Å². The second kappa shape index (κ2) is 13.4. The zero-order chi connectivity index (χ0) is 33.2. The van der Waals surface area contributed by atoms with Gasteiger partial charge in [-0.25, -0.2) is 0 Å². The summed E-state index contributed by atoms with van der Waals surface area (Å²) in [6, 6.07) is 20.2. The Balaban J connectivity index is 1.20. The lowest BCUT2D eigenvalue weighted by Crippen LogP contribution is -2.41. The highest BCUT2D eigenvalue weighted by atomic mass is 16.7. The molecule has 7 rings (SSSR count). The van der Waals surface area contributed by atoms with E-state index in [1.54, 1.807) is 20.3 Å². The predicted octanol–water partition coefficient (Wildman–Crippen LogP) is 7.94. The normalized spacial score (nSPS) is 12.7. The van der Waals surface area contributed by atoms with E-state index < -0.39 is 0 Å². The van der Waals surface area contributed by atoms with Crippen molar-refractivity contribution in [3.63, 3.8) is 0 Å². The number of aryl methyl sites for hydroxylation is 3. The molecule has 0 amide bonds. The summed E-state index contributed by atoms with van der Waals surface area (Å²) in [5, 5.41) is 12.8. The molecule has 4 aromatic carbocycles. The van der Waals surface area contributed by atoms with E-state index in [-0.39, 0.29) is 12.5 Å². The second-order valence-electron chi connectivity index (χ2n) is 12.1. The Morgan fingerprint density at radius 3 is 2.46 bits per heavy atom. The topological polar surface area (TPSA) is 70.3 Å². The van der Waals surface area contributed by atoms with E-state index in [1.165, 1.54) is 22.4 Å². The number of nitrogens with zero attached hydrogens (tertiary/aromatic N) is 1. The van der Waals surface area contributed by atoms with Gasteiger partial charge in [-0.05, 0) is 96.5 Å². The van der Waals surface area contributed by atoms with Crippen LogP contribution in [0.4, 0.5) is 0 Å². The van der Waals surface area contributed by atoms with E-state index >= 15 is 0 Å². The molecule has 0 unspecified atom stereocenters. The number of aromatic hydroxyl groups is 1. The second-order valence-corrected chi connectivity index (χ2v) is 12.1. The van der Waals surface area contributed by atoms with Crippen LogP contribution in [-0.4, -0.2) is 32.7 Å². The molecule has 1 aromatic heterocycles. The zero-order valence-electron chi connectivity index (χ0n) is 27.5. The first kappa shape index (κ1) is 31.2. The van der Waals surface area contributed by atoms with Gasteiger partial charge in [-0.15, -0.1) is 13.2 Å².